The lowest BCUT2D eigenvalue weighted by Crippen LogP contribution is -2.70. The molecule has 7 heteroatoms. The molecule has 1 aliphatic heterocycles. The van der Waals surface area contributed by atoms with Gasteiger partial charge in [-0.1, -0.05) is 33.8 Å². The lowest BCUT2D eigenvalue weighted by Gasteiger charge is -2.61. The second-order valence-corrected chi connectivity index (χ2v) is 13.5. The number of hydrogen-bond donors (Lipinski definition) is 1. The van der Waals surface area contributed by atoms with Crippen molar-refractivity contribution in [2.75, 3.05) is 0 Å². The van der Waals surface area contributed by atoms with Gasteiger partial charge in [-0.25, -0.2) is 4.79 Å². The van der Waals surface area contributed by atoms with Crippen LogP contribution < -0.4 is 0 Å². The molecule has 38 heavy (non-hydrogen) atoms. The molecule has 0 amide bonds. The van der Waals surface area contributed by atoms with Crippen LogP contribution in [0.2, 0.25) is 0 Å². The van der Waals surface area contributed by atoms with Gasteiger partial charge in [0.25, 0.3) is 0 Å². The molecule has 0 radical (unpaired) electrons. The summed E-state index contributed by atoms with van der Waals surface area (Å²) in [6.07, 6.45) is 5.84. The summed E-state index contributed by atoms with van der Waals surface area (Å²) in [7, 11) is 0. The van der Waals surface area contributed by atoms with E-state index in [1.165, 1.54) is 0 Å². The molecule has 212 valence electrons. The zero-order valence-electron chi connectivity index (χ0n) is 24.2. The number of epoxide rings is 1. The van der Waals surface area contributed by atoms with Crippen molar-refractivity contribution in [2.45, 2.75) is 129 Å². The number of hydrogen-bond acceptors (Lipinski definition) is 7. The Balaban J connectivity index is 1.69. The molecule has 1 saturated heterocycles. The Morgan fingerprint density at radius 3 is 2.42 bits per heavy atom. The fourth-order valence-corrected chi connectivity index (χ4v) is 9.48. The molecule has 4 aliphatic carbocycles. The van der Waals surface area contributed by atoms with Crippen LogP contribution in [0.5, 0.6) is 0 Å². The highest BCUT2D eigenvalue weighted by Gasteiger charge is 2.91. The molecule has 11 unspecified atom stereocenters. The number of fused-ring (bicyclic) bond motifs is 2. The molecule has 4 saturated carbocycles. The first-order valence-electron chi connectivity index (χ1n) is 14.8. The van der Waals surface area contributed by atoms with E-state index >= 15 is 0 Å². The number of ether oxygens (including phenoxy) is 3. The van der Waals surface area contributed by atoms with Crippen molar-refractivity contribution >= 4 is 17.7 Å². The van der Waals surface area contributed by atoms with Gasteiger partial charge in [0.1, 0.15) is 29.2 Å². The van der Waals surface area contributed by atoms with Crippen LogP contribution in [0.15, 0.2) is 11.6 Å². The predicted octanol–water partition coefficient (Wildman–Crippen LogP) is 4.93. The van der Waals surface area contributed by atoms with Crippen LogP contribution in [0.3, 0.4) is 0 Å². The molecule has 2 spiro atoms. The fraction of sp³-hybridized carbons (Fsp3) is 0.839. The van der Waals surface area contributed by atoms with E-state index in [-0.39, 0.29) is 46.9 Å². The minimum Gasteiger partial charge on any atom is -0.458 e. The number of carbonyl (C=O) groups excluding carboxylic acids is 3. The van der Waals surface area contributed by atoms with Crippen molar-refractivity contribution in [1.29, 1.82) is 0 Å². The molecule has 5 aliphatic rings. The van der Waals surface area contributed by atoms with Crippen LogP contribution >= 0.6 is 0 Å². The number of aliphatic hydroxyl groups is 1. The van der Waals surface area contributed by atoms with Gasteiger partial charge in [0.05, 0.1) is 12.0 Å². The van der Waals surface area contributed by atoms with E-state index < -0.39 is 34.8 Å². The van der Waals surface area contributed by atoms with E-state index in [0.29, 0.717) is 24.8 Å². The maximum absolute atomic E-state index is 13.5. The Morgan fingerprint density at radius 2 is 1.79 bits per heavy atom. The van der Waals surface area contributed by atoms with Crippen molar-refractivity contribution in [3.8, 4) is 0 Å². The quantitative estimate of drug-likeness (QED) is 0.295. The van der Waals surface area contributed by atoms with Crippen molar-refractivity contribution in [2.24, 2.45) is 34.5 Å². The third-order valence-electron chi connectivity index (χ3n) is 11.9. The molecule has 0 aromatic heterocycles. The molecule has 11 atom stereocenters. The number of rotatable bonds is 6. The standard InChI is InChI=1S/C31H46O7/c1-8-17(3)26(34)36-23-24-28(6)13-11-21(33)16-20(28)10-14-30(24)31(38-30)15-12-22(19(5)32)29(31,7)25(23)37-27(35)18(4)9-2/h9,17,20-25,33H,8,10-16H2,1-7H3. The van der Waals surface area contributed by atoms with E-state index in [1.54, 1.807) is 26.8 Å². The molecule has 1 heterocycles. The maximum atomic E-state index is 13.5. The molecule has 5 rings (SSSR count). The summed E-state index contributed by atoms with van der Waals surface area (Å²) in [5, 5.41) is 10.6. The van der Waals surface area contributed by atoms with Gasteiger partial charge in [-0.05, 0) is 83.5 Å². The lowest BCUT2D eigenvalue weighted by atomic mass is 9.43. The molecule has 1 N–H and O–H groups in total. The fourth-order valence-electron chi connectivity index (χ4n) is 9.48. The average Bonchev–Trinajstić information content (AvgIpc) is 3.43. The highest BCUT2D eigenvalue weighted by Crippen LogP contribution is 2.81. The van der Waals surface area contributed by atoms with Crippen LogP contribution in [-0.2, 0) is 28.6 Å². The smallest absolute Gasteiger partial charge is 0.333 e. The van der Waals surface area contributed by atoms with E-state index in [9.17, 15) is 19.5 Å². The van der Waals surface area contributed by atoms with Crippen molar-refractivity contribution < 1.29 is 33.7 Å². The lowest BCUT2D eigenvalue weighted by molar-refractivity contribution is -0.225. The first-order valence-corrected chi connectivity index (χ1v) is 14.8. The first kappa shape index (κ1) is 27.8. The van der Waals surface area contributed by atoms with Gasteiger partial charge >= 0.3 is 11.9 Å². The minimum absolute atomic E-state index is 0.0602. The monoisotopic (exact) mass is 530 g/mol. The average molecular weight is 531 g/mol. The number of ketones is 1. The number of allylic oxidation sites excluding steroid dienone is 1. The Bertz CT molecular complexity index is 1050. The predicted molar refractivity (Wildman–Crippen MR) is 141 cm³/mol. The highest BCUT2D eigenvalue weighted by molar-refractivity contribution is 5.88. The Labute approximate surface area is 227 Å². The Hall–Kier alpha value is -1.73. The van der Waals surface area contributed by atoms with Crippen LogP contribution in [-0.4, -0.2) is 52.3 Å². The molecule has 0 aromatic carbocycles. The normalized spacial score (nSPS) is 48.1. The van der Waals surface area contributed by atoms with Crippen LogP contribution in [0.4, 0.5) is 0 Å². The summed E-state index contributed by atoms with van der Waals surface area (Å²) < 4.78 is 19.9. The topological polar surface area (TPSA) is 102 Å². The Morgan fingerprint density at radius 1 is 1.08 bits per heavy atom. The van der Waals surface area contributed by atoms with Gasteiger partial charge in [0, 0.05) is 22.8 Å². The third kappa shape index (κ3) is 3.49. The number of Topliss-reactive ketones (excluding diaryl/α,β-unsaturated/α-hetero) is 1. The first-order chi connectivity index (χ1) is 17.8. The maximum Gasteiger partial charge on any atom is 0.333 e. The summed E-state index contributed by atoms with van der Waals surface area (Å²) in [4.78, 5) is 39.9. The van der Waals surface area contributed by atoms with Gasteiger partial charge in [-0.2, -0.15) is 0 Å². The largest absolute Gasteiger partial charge is 0.458 e. The van der Waals surface area contributed by atoms with E-state index in [0.717, 1.165) is 32.1 Å². The van der Waals surface area contributed by atoms with Crippen LogP contribution in [0, 0.1) is 34.5 Å². The van der Waals surface area contributed by atoms with Crippen molar-refractivity contribution in [3.05, 3.63) is 11.6 Å². The van der Waals surface area contributed by atoms with Gasteiger partial charge in [0.15, 0.2) is 0 Å². The number of aliphatic hydroxyl groups excluding tert-OH is 1. The highest BCUT2D eigenvalue weighted by atomic mass is 16.7. The molecule has 5 fully saturated rings. The summed E-state index contributed by atoms with van der Waals surface area (Å²) in [5.74, 6) is -1.26. The summed E-state index contributed by atoms with van der Waals surface area (Å²) in [6.45, 7) is 13.3. The number of carbonyl (C=O) groups is 3. The second kappa shape index (κ2) is 9.15. The minimum atomic E-state index is -0.809. The van der Waals surface area contributed by atoms with Gasteiger partial charge in [-0.15, -0.1) is 0 Å². The summed E-state index contributed by atoms with van der Waals surface area (Å²) in [5.41, 5.74) is -1.71. The molecule has 0 bridgehead atoms. The Kier molecular flexibility index (Phi) is 6.70. The van der Waals surface area contributed by atoms with E-state index in [2.05, 4.69) is 6.92 Å². The molecular formula is C31H46O7. The zero-order valence-corrected chi connectivity index (χ0v) is 24.2. The van der Waals surface area contributed by atoms with Crippen LogP contribution in [0.25, 0.3) is 0 Å². The zero-order chi connectivity index (χ0) is 27.8. The summed E-state index contributed by atoms with van der Waals surface area (Å²) in [6, 6.07) is 0. The summed E-state index contributed by atoms with van der Waals surface area (Å²) >= 11 is 0. The number of esters is 2. The SMILES string of the molecule is CC=C(C)C(=O)OC1C(OC(=O)C(C)CC)C2C3(C)CCC(O)CC3CCC23OC32CCC(C(C)=O)C12C. The van der Waals surface area contributed by atoms with E-state index in [1.807, 2.05) is 20.8 Å². The van der Waals surface area contributed by atoms with Gasteiger partial charge in [-0.3, -0.25) is 9.59 Å². The van der Waals surface area contributed by atoms with Crippen molar-refractivity contribution in [1.82, 2.24) is 0 Å². The van der Waals surface area contributed by atoms with E-state index in [4.69, 9.17) is 14.2 Å². The molecular weight excluding hydrogens is 484 g/mol. The third-order valence-corrected chi connectivity index (χ3v) is 11.9. The van der Waals surface area contributed by atoms with Gasteiger partial charge < -0.3 is 19.3 Å². The molecule has 0 aromatic rings. The van der Waals surface area contributed by atoms with Crippen LogP contribution in [0.1, 0.15) is 99.8 Å². The second-order valence-electron chi connectivity index (χ2n) is 13.5. The van der Waals surface area contributed by atoms with Crippen molar-refractivity contribution in [3.63, 3.8) is 0 Å². The van der Waals surface area contributed by atoms with Gasteiger partial charge in [0.2, 0.25) is 0 Å². The molecule has 7 nitrogen and oxygen atoms in total.